The molecule has 1 aliphatic carbocycles. The number of ether oxygens (including phenoxy) is 5. The number of hydrogen-bond acceptors (Lipinski definition) is 10. The molecule has 54 heavy (non-hydrogen) atoms. The molecular formula is C39H48F2N4O8S. The average molecular weight is 771 g/mol. The number of carbonyl (C=O) groups excluding carboxylic acids is 1. The van der Waals surface area contributed by atoms with Gasteiger partial charge in [-0.05, 0) is 55.5 Å². The first-order valence-electron chi connectivity index (χ1n) is 17.2. The number of allylic oxidation sites excluding steroid dienone is 2. The summed E-state index contributed by atoms with van der Waals surface area (Å²) in [6, 6.07) is 10.3. The van der Waals surface area contributed by atoms with Crippen LogP contribution >= 0.6 is 0 Å². The van der Waals surface area contributed by atoms with Gasteiger partial charge >= 0.3 is 0 Å². The van der Waals surface area contributed by atoms with E-state index in [1.807, 2.05) is 26.8 Å². The molecule has 0 radical (unpaired) electrons. The Kier molecular flexibility index (Phi) is 11.5. The molecule has 3 aromatic rings. The van der Waals surface area contributed by atoms with Gasteiger partial charge in [-0.1, -0.05) is 26.8 Å². The van der Waals surface area contributed by atoms with E-state index in [1.165, 1.54) is 57.1 Å². The van der Waals surface area contributed by atoms with Gasteiger partial charge in [0.1, 0.15) is 28.6 Å². The fraction of sp³-hybridized carbons (Fsp3) is 0.436. The molecular weight excluding hydrogens is 723 g/mol. The molecule has 292 valence electrons. The van der Waals surface area contributed by atoms with Crippen LogP contribution < -0.4 is 24.4 Å². The molecule has 2 unspecified atom stereocenters. The smallest absolute Gasteiger partial charge is 0.260 e. The fourth-order valence-corrected chi connectivity index (χ4v) is 8.86. The lowest BCUT2D eigenvalue weighted by molar-refractivity contribution is -0.120. The maximum atomic E-state index is 14.9. The first-order valence-corrected chi connectivity index (χ1v) is 18.7. The zero-order chi connectivity index (χ0) is 39.6. The van der Waals surface area contributed by atoms with Crippen LogP contribution in [-0.2, 0) is 30.8 Å². The molecule has 2 atom stereocenters. The number of methoxy groups -OCH3 is 5. The number of aromatic nitrogens is 1. The number of pyridine rings is 1. The van der Waals surface area contributed by atoms with Crippen molar-refractivity contribution >= 4 is 27.3 Å². The molecule has 2 heterocycles. The first-order chi connectivity index (χ1) is 25.4. The highest BCUT2D eigenvalue weighted by Crippen LogP contribution is 2.48. The molecule has 0 spiro atoms. The average Bonchev–Trinajstić information content (AvgIpc) is 3.41. The molecule has 1 amide bonds. The van der Waals surface area contributed by atoms with Crippen LogP contribution in [0.15, 0.2) is 77.4 Å². The molecule has 1 saturated heterocycles. The summed E-state index contributed by atoms with van der Waals surface area (Å²) in [5, 5.41) is 2.57. The van der Waals surface area contributed by atoms with E-state index in [1.54, 1.807) is 43.2 Å². The van der Waals surface area contributed by atoms with Crippen molar-refractivity contribution in [1.29, 1.82) is 0 Å². The van der Waals surface area contributed by atoms with Crippen LogP contribution in [0, 0.1) is 22.5 Å². The summed E-state index contributed by atoms with van der Waals surface area (Å²) in [6.07, 6.45) is 5.68. The quantitative estimate of drug-likeness (QED) is 0.190. The second-order valence-corrected chi connectivity index (χ2v) is 16.6. The van der Waals surface area contributed by atoms with Crippen LogP contribution in [0.2, 0.25) is 0 Å². The predicted octanol–water partition coefficient (Wildman–Crippen LogP) is 6.68. The Labute approximate surface area is 315 Å². The van der Waals surface area contributed by atoms with E-state index in [9.17, 15) is 22.0 Å². The normalized spacial score (nSPS) is 20.9. The minimum atomic E-state index is -4.37. The van der Waals surface area contributed by atoms with Gasteiger partial charge in [0.05, 0.1) is 41.2 Å². The molecule has 15 heteroatoms. The highest BCUT2D eigenvalue weighted by Gasteiger charge is 2.52. The lowest BCUT2D eigenvalue weighted by Gasteiger charge is -2.37. The monoisotopic (exact) mass is 770 g/mol. The summed E-state index contributed by atoms with van der Waals surface area (Å²) in [4.78, 5) is 20.2. The lowest BCUT2D eigenvalue weighted by Crippen LogP contribution is -2.51. The third kappa shape index (κ3) is 7.83. The molecule has 2 aliphatic rings. The van der Waals surface area contributed by atoms with E-state index in [2.05, 4.69) is 10.3 Å². The van der Waals surface area contributed by atoms with Gasteiger partial charge in [0.2, 0.25) is 11.7 Å². The fourth-order valence-electron chi connectivity index (χ4n) is 7.36. The standard InChI is InChI=1S/C39H48F2N4O8S/c1-37(2)22-39(4,45(23-37)30-13-12-29(40)34(41)35(30)53-9)36(46)43-26-15-17-42-33(18-26)54(47,48)44(21-25-10-11-27(49-5)19-31(25)51-7)24-38(3)16-14-28(50-6)20-32(38)52-8/h10-15,17-20H,16,21-24H2,1-9H3,(H,42,43,46). The highest BCUT2D eigenvalue weighted by atomic mass is 32.2. The van der Waals surface area contributed by atoms with Crippen molar-refractivity contribution in [2.45, 2.75) is 57.6 Å². The van der Waals surface area contributed by atoms with Gasteiger partial charge in [-0.25, -0.2) is 17.8 Å². The van der Waals surface area contributed by atoms with Crippen molar-refractivity contribution in [3.05, 3.63) is 89.5 Å². The maximum absolute atomic E-state index is 14.9. The Hall–Kier alpha value is -4.89. The van der Waals surface area contributed by atoms with Crippen molar-refractivity contribution < 1.29 is 45.7 Å². The summed E-state index contributed by atoms with van der Waals surface area (Å²) < 4.78 is 87.1. The van der Waals surface area contributed by atoms with E-state index >= 15 is 0 Å². The number of rotatable bonds is 14. The van der Waals surface area contributed by atoms with E-state index in [0.29, 0.717) is 48.0 Å². The molecule has 0 saturated carbocycles. The molecule has 1 aromatic heterocycles. The maximum Gasteiger partial charge on any atom is 0.260 e. The van der Waals surface area contributed by atoms with E-state index in [0.717, 1.165) is 6.07 Å². The summed E-state index contributed by atoms with van der Waals surface area (Å²) >= 11 is 0. The molecule has 5 rings (SSSR count). The van der Waals surface area contributed by atoms with Crippen LogP contribution in [0.4, 0.5) is 20.2 Å². The van der Waals surface area contributed by atoms with Crippen LogP contribution in [0.3, 0.4) is 0 Å². The molecule has 1 N–H and O–H groups in total. The Bertz CT molecular complexity index is 2070. The van der Waals surface area contributed by atoms with E-state index in [-0.39, 0.29) is 35.2 Å². The number of halogens is 2. The zero-order valence-corrected chi connectivity index (χ0v) is 32.9. The van der Waals surface area contributed by atoms with Crippen LogP contribution in [0.25, 0.3) is 0 Å². The molecule has 1 fully saturated rings. The minimum absolute atomic E-state index is 0.0197. The largest absolute Gasteiger partial charge is 0.500 e. The van der Waals surface area contributed by atoms with Crippen molar-refractivity contribution in [1.82, 2.24) is 9.29 Å². The Morgan fingerprint density at radius 2 is 1.69 bits per heavy atom. The summed E-state index contributed by atoms with van der Waals surface area (Å²) in [7, 11) is 2.96. The van der Waals surface area contributed by atoms with Crippen LogP contribution in [-0.4, -0.2) is 77.8 Å². The first kappa shape index (κ1) is 40.3. The van der Waals surface area contributed by atoms with E-state index in [4.69, 9.17) is 23.7 Å². The van der Waals surface area contributed by atoms with Gasteiger partial charge in [0, 0.05) is 60.7 Å². The minimum Gasteiger partial charge on any atom is -0.500 e. The van der Waals surface area contributed by atoms with Gasteiger partial charge in [-0.2, -0.15) is 8.70 Å². The third-order valence-corrected chi connectivity index (χ3v) is 11.7. The number of amides is 1. The number of benzene rings is 2. The highest BCUT2D eigenvalue weighted by molar-refractivity contribution is 7.89. The second-order valence-electron chi connectivity index (χ2n) is 14.7. The topological polar surface area (TPSA) is 129 Å². The summed E-state index contributed by atoms with van der Waals surface area (Å²) in [6.45, 7) is 7.76. The van der Waals surface area contributed by atoms with Crippen LogP contribution in [0.1, 0.15) is 46.1 Å². The Balaban J connectivity index is 1.51. The van der Waals surface area contributed by atoms with Gasteiger partial charge in [0.15, 0.2) is 16.6 Å². The third-order valence-electron chi connectivity index (χ3n) is 10.1. The molecule has 1 aliphatic heterocycles. The van der Waals surface area contributed by atoms with Gasteiger partial charge in [-0.15, -0.1) is 0 Å². The zero-order valence-electron chi connectivity index (χ0n) is 32.1. The summed E-state index contributed by atoms with van der Waals surface area (Å²) in [5.74, 6) is -0.936. The van der Waals surface area contributed by atoms with Crippen molar-refractivity contribution in [3.8, 4) is 17.2 Å². The number of carbonyl (C=O) groups is 1. The molecule has 0 bridgehead atoms. The predicted molar refractivity (Wildman–Crippen MR) is 200 cm³/mol. The Morgan fingerprint density at radius 3 is 2.33 bits per heavy atom. The van der Waals surface area contributed by atoms with E-state index < -0.39 is 43.9 Å². The number of anilines is 2. The number of hydrogen-bond donors (Lipinski definition) is 1. The lowest BCUT2D eigenvalue weighted by atomic mass is 9.81. The second kappa shape index (κ2) is 15.5. The van der Waals surface area contributed by atoms with Crippen molar-refractivity contribution in [3.63, 3.8) is 0 Å². The van der Waals surface area contributed by atoms with Gasteiger partial charge in [0.25, 0.3) is 10.0 Å². The molecule has 12 nitrogen and oxygen atoms in total. The van der Waals surface area contributed by atoms with Crippen molar-refractivity contribution in [2.75, 3.05) is 58.9 Å². The van der Waals surface area contributed by atoms with Gasteiger partial charge in [-0.3, -0.25) is 4.79 Å². The summed E-state index contributed by atoms with van der Waals surface area (Å²) in [5.41, 5.74) is -1.52. The number of sulfonamides is 1. The number of nitrogens with zero attached hydrogens (tertiary/aromatic N) is 3. The van der Waals surface area contributed by atoms with Crippen molar-refractivity contribution in [2.24, 2.45) is 10.8 Å². The SMILES string of the molecule is COC1=CCC(C)(CN(Cc2ccc(OC)cc2OC)S(=O)(=O)c2cc(NC(=O)C3(C)CC(C)(C)CN3c3ccc(F)c(F)c3OC)ccn2)C(OC)=C1. The number of nitrogens with one attached hydrogen (secondary N) is 1. The van der Waals surface area contributed by atoms with Crippen LogP contribution in [0.5, 0.6) is 17.2 Å². The Morgan fingerprint density at radius 1 is 0.944 bits per heavy atom. The molecule has 2 aromatic carbocycles. The van der Waals surface area contributed by atoms with Gasteiger partial charge < -0.3 is 33.9 Å².